The molecule has 0 aromatic carbocycles. The lowest BCUT2D eigenvalue weighted by Crippen LogP contribution is -1.72. The molecule has 0 heterocycles. The molecule has 0 aromatic rings. The summed E-state index contributed by atoms with van der Waals surface area (Å²) in [5, 5.41) is 0. The Labute approximate surface area is 61.9 Å². The fourth-order valence-corrected chi connectivity index (χ4v) is 0.658. The zero-order valence-corrected chi connectivity index (χ0v) is 6.81. The molecule has 10 heavy (non-hydrogen) atoms. The first-order chi connectivity index (χ1) is 4.76. The lowest BCUT2D eigenvalue weighted by atomic mass is 10.1. The maximum atomic E-state index is 8.12. The van der Waals surface area contributed by atoms with E-state index < -0.39 is 0 Å². The molecule has 0 atom stereocenters. The Balaban J connectivity index is 0. The first-order valence-electron chi connectivity index (χ1n) is 3.40. The van der Waals surface area contributed by atoms with Crippen molar-refractivity contribution in [2.75, 3.05) is 0 Å². The van der Waals surface area contributed by atoms with Crippen LogP contribution in [-0.2, 0) is 9.59 Å². The second-order valence-corrected chi connectivity index (χ2v) is 1.74. The van der Waals surface area contributed by atoms with Gasteiger partial charge in [0.15, 0.2) is 0 Å². The van der Waals surface area contributed by atoms with E-state index in [2.05, 4.69) is 26.8 Å². The highest BCUT2D eigenvalue weighted by molar-refractivity contribution is 5.20. The van der Waals surface area contributed by atoms with Crippen molar-refractivity contribution in [2.45, 2.75) is 33.6 Å². The van der Waals surface area contributed by atoms with E-state index in [1.807, 2.05) is 0 Å². The van der Waals surface area contributed by atoms with Gasteiger partial charge < -0.3 is 0 Å². The van der Waals surface area contributed by atoms with Crippen LogP contribution in [0.15, 0.2) is 11.6 Å². The van der Waals surface area contributed by atoms with Crippen LogP contribution in [0.25, 0.3) is 0 Å². The standard InChI is InChI=1S/C7H14.CO2/c1-4-7(5-2)6-3;2-1-3/h4H,5-6H2,1-3H3;. The average Bonchev–Trinajstić information content (AvgIpc) is 1.93. The quantitative estimate of drug-likeness (QED) is 0.554. The zero-order valence-electron chi connectivity index (χ0n) is 6.81. The number of allylic oxidation sites excluding steroid dienone is 2. The largest absolute Gasteiger partial charge is 0.373 e. The Morgan fingerprint density at radius 1 is 1.30 bits per heavy atom. The summed E-state index contributed by atoms with van der Waals surface area (Å²) in [5.74, 6) is 0. The van der Waals surface area contributed by atoms with Crippen LogP contribution in [0.5, 0.6) is 0 Å². The number of hydrogen-bond acceptors (Lipinski definition) is 2. The van der Waals surface area contributed by atoms with Crippen molar-refractivity contribution in [2.24, 2.45) is 0 Å². The van der Waals surface area contributed by atoms with E-state index in [1.54, 1.807) is 5.57 Å². The van der Waals surface area contributed by atoms with Gasteiger partial charge >= 0.3 is 6.15 Å². The van der Waals surface area contributed by atoms with E-state index >= 15 is 0 Å². The van der Waals surface area contributed by atoms with Crippen molar-refractivity contribution in [1.82, 2.24) is 0 Å². The van der Waals surface area contributed by atoms with Gasteiger partial charge in [-0.2, -0.15) is 9.59 Å². The number of carbonyl (C=O) groups excluding carboxylic acids is 2. The molecule has 0 radical (unpaired) electrons. The van der Waals surface area contributed by atoms with Gasteiger partial charge in [0, 0.05) is 0 Å². The molecule has 0 rings (SSSR count). The molecule has 0 spiro atoms. The first kappa shape index (κ1) is 11.9. The summed E-state index contributed by atoms with van der Waals surface area (Å²) in [6.07, 6.45) is 4.88. The molecule has 0 aliphatic heterocycles. The molecule has 2 nitrogen and oxygen atoms in total. The minimum absolute atomic E-state index is 0.250. The summed E-state index contributed by atoms with van der Waals surface area (Å²) in [6, 6.07) is 0. The molecule has 0 aliphatic rings. The molecule has 0 bridgehead atoms. The third-order valence-electron chi connectivity index (χ3n) is 1.32. The molecule has 0 amide bonds. The van der Waals surface area contributed by atoms with Gasteiger partial charge in [-0.3, -0.25) is 0 Å². The van der Waals surface area contributed by atoms with E-state index in [-0.39, 0.29) is 6.15 Å². The van der Waals surface area contributed by atoms with Crippen molar-refractivity contribution in [3.8, 4) is 0 Å². The Morgan fingerprint density at radius 3 is 1.60 bits per heavy atom. The number of hydrogen-bond donors (Lipinski definition) is 0. The van der Waals surface area contributed by atoms with Crippen molar-refractivity contribution in [3.05, 3.63) is 11.6 Å². The van der Waals surface area contributed by atoms with Gasteiger partial charge in [0.2, 0.25) is 0 Å². The van der Waals surface area contributed by atoms with Crippen molar-refractivity contribution >= 4 is 6.15 Å². The smallest absolute Gasteiger partial charge is 0.186 e. The molecule has 0 fully saturated rings. The first-order valence-corrected chi connectivity index (χ1v) is 3.40. The molecular weight excluding hydrogens is 128 g/mol. The van der Waals surface area contributed by atoms with E-state index in [1.165, 1.54) is 12.8 Å². The molecule has 0 N–H and O–H groups in total. The highest BCUT2D eigenvalue weighted by Crippen LogP contribution is 2.02. The lowest BCUT2D eigenvalue weighted by Gasteiger charge is -1.93. The van der Waals surface area contributed by atoms with Crippen LogP contribution in [0, 0.1) is 0 Å². The minimum atomic E-state index is 0.250. The zero-order chi connectivity index (χ0) is 8.41. The van der Waals surface area contributed by atoms with Gasteiger partial charge in [0.05, 0.1) is 0 Å². The third-order valence-corrected chi connectivity index (χ3v) is 1.32. The summed E-state index contributed by atoms with van der Waals surface area (Å²) >= 11 is 0. The van der Waals surface area contributed by atoms with Crippen molar-refractivity contribution in [1.29, 1.82) is 0 Å². The van der Waals surface area contributed by atoms with Crippen LogP contribution >= 0.6 is 0 Å². The summed E-state index contributed by atoms with van der Waals surface area (Å²) in [7, 11) is 0. The van der Waals surface area contributed by atoms with E-state index in [4.69, 9.17) is 9.59 Å². The summed E-state index contributed by atoms with van der Waals surface area (Å²) in [5.41, 5.74) is 1.56. The van der Waals surface area contributed by atoms with E-state index in [0.29, 0.717) is 0 Å². The second kappa shape index (κ2) is 11.0. The van der Waals surface area contributed by atoms with Gasteiger partial charge in [0.25, 0.3) is 0 Å². The summed E-state index contributed by atoms with van der Waals surface area (Å²) < 4.78 is 0. The van der Waals surface area contributed by atoms with Gasteiger partial charge in [0.1, 0.15) is 0 Å². The van der Waals surface area contributed by atoms with Crippen LogP contribution in [0.2, 0.25) is 0 Å². The monoisotopic (exact) mass is 142 g/mol. The van der Waals surface area contributed by atoms with Crippen molar-refractivity contribution < 1.29 is 9.59 Å². The fraction of sp³-hybridized carbons (Fsp3) is 0.625. The highest BCUT2D eigenvalue weighted by Gasteiger charge is 1.82. The fourth-order valence-electron chi connectivity index (χ4n) is 0.658. The predicted molar refractivity (Wildman–Crippen MR) is 39.3 cm³/mol. The predicted octanol–water partition coefficient (Wildman–Crippen LogP) is 2.17. The van der Waals surface area contributed by atoms with Crippen LogP contribution in [0.3, 0.4) is 0 Å². The molecule has 0 aliphatic carbocycles. The van der Waals surface area contributed by atoms with Gasteiger partial charge in [-0.15, -0.1) is 0 Å². The Kier molecular flexibility index (Phi) is 13.0. The lowest BCUT2D eigenvalue weighted by molar-refractivity contribution is -0.191. The Hall–Kier alpha value is -0.880. The molecule has 2 heteroatoms. The maximum absolute atomic E-state index is 8.12. The maximum Gasteiger partial charge on any atom is 0.373 e. The molecule has 0 saturated heterocycles. The highest BCUT2D eigenvalue weighted by atomic mass is 16.2. The minimum Gasteiger partial charge on any atom is -0.186 e. The van der Waals surface area contributed by atoms with E-state index in [0.717, 1.165) is 0 Å². The van der Waals surface area contributed by atoms with Crippen LogP contribution < -0.4 is 0 Å². The second-order valence-electron chi connectivity index (χ2n) is 1.74. The summed E-state index contributed by atoms with van der Waals surface area (Å²) in [4.78, 5) is 16.2. The molecule has 0 unspecified atom stereocenters. The third kappa shape index (κ3) is 10.2. The van der Waals surface area contributed by atoms with Gasteiger partial charge in [-0.25, -0.2) is 0 Å². The normalized spacial score (nSPS) is 6.70. The number of rotatable bonds is 2. The van der Waals surface area contributed by atoms with Gasteiger partial charge in [-0.1, -0.05) is 25.5 Å². The Bertz CT molecular complexity index is 113. The summed E-state index contributed by atoms with van der Waals surface area (Å²) in [6.45, 7) is 6.49. The van der Waals surface area contributed by atoms with E-state index in [9.17, 15) is 0 Å². The molecule has 0 aromatic heterocycles. The van der Waals surface area contributed by atoms with Crippen LogP contribution in [-0.4, -0.2) is 6.15 Å². The Morgan fingerprint density at radius 2 is 1.60 bits per heavy atom. The average molecular weight is 142 g/mol. The van der Waals surface area contributed by atoms with Crippen LogP contribution in [0.1, 0.15) is 33.6 Å². The topological polar surface area (TPSA) is 34.1 Å². The van der Waals surface area contributed by atoms with Crippen molar-refractivity contribution in [3.63, 3.8) is 0 Å². The van der Waals surface area contributed by atoms with Gasteiger partial charge in [-0.05, 0) is 19.8 Å². The van der Waals surface area contributed by atoms with Crippen LogP contribution in [0.4, 0.5) is 0 Å². The molecule has 58 valence electrons. The molecule has 0 saturated carbocycles. The SMILES string of the molecule is CC=C(CC)CC.O=C=O. The molecular formula is C8H14O2.